The number of aliphatic hydroxyl groups excluding tert-OH is 2. The Morgan fingerprint density at radius 2 is 1.86 bits per heavy atom. The van der Waals surface area contributed by atoms with Gasteiger partial charge in [-0.05, 0) is 17.4 Å². The molecule has 1 fully saturated rings. The molecule has 0 saturated carbocycles. The monoisotopic (exact) mass is 667 g/mol. The molecule has 0 bridgehead atoms. The van der Waals surface area contributed by atoms with E-state index < -0.39 is 41.3 Å². The number of nitrogens with one attached hydrogen (secondary N) is 1. The molecule has 4 aromatic heterocycles. The zero-order valence-electron chi connectivity index (χ0n) is 21.8. The zero-order chi connectivity index (χ0) is 30.7. The molecule has 8 atom stereocenters. The summed E-state index contributed by atoms with van der Waals surface area (Å²) in [5.74, 6) is 0. The smallest absolute Gasteiger partial charge is 0.366 e. The van der Waals surface area contributed by atoms with Crippen LogP contribution in [0.4, 0.5) is 5.69 Å². The highest BCUT2D eigenvalue weighted by molar-refractivity contribution is 8.58. The second-order valence-electron chi connectivity index (χ2n) is 9.00. The van der Waals surface area contributed by atoms with Crippen molar-refractivity contribution < 1.29 is 29.8 Å². The highest BCUT2D eigenvalue weighted by Crippen LogP contribution is 2.56. The minimum absolute atomic E-state index is 0.0127. The maximum atomic E-state index is 12.7. The van der Waals surface area contributed by atoms with Crippen molar-refractivity contribution in [2.75, 3.05) is 6.61 Å². The molecule has 1 aliphatic heterocycles. The van der Waals surface area contributed by atoms with E-state index >= 15 is 0 Å². The fourth-order valence-corrected chi connectivity index (χ4v) is 10.0. The van der Waals surface area contributed by atoms with Gasteiger partial charge in [0.15, 0.2) is 5.60 Å². The quantitative estimate of drug-likeness (QED) is 0.0990. The van der Waals surface area contributed by atoms with E-state index in [2.05, 4.69) is 23.9 Å². The van der Waals surface area contributed by atoms with Crippen molar-refractivity contribution in [3.8, 4) is 0 Å². The molecular weight excluding hydrogens is 642 g/mol. The van der Waals surface area contributed by atoms with Crippen LogP contribution in [0.1, 0.15) is 5.56 Å². The van der Waals surface area contributed by atoms with Gasteiger partial charge in [0.1, 0.15) is 23.5 Å². The van der Waals surface area contributed by atoms with Crippen molar-refractivity contribution in [2.24, 2.45) is 0 Å². The maximum absolute atomic E-state index is 12.7. The topological polar surface area (TPSA) is 212 Å². The summed E-state index contributed by atoms with van der Waals surface area (Å²) in [6.45, 7) is -0.655. The fourth-order valence-electron chi connectivity index (χ4n) is 4.40. The number of hydrogen-bond donors (Lipinski definition) is 4. The number of nitrogens with zero attached hydrogens (tertiary/aromatic N) is 6. The first-order valence-electron chi connectivity index (χ1n) is 12.3. The third kappa shape index (κ3) is 6.24. The summed E-state index contributed by atoms with van der Waals surface area (Å²) in [5, 5.41) is 44.2. The highest BCUT2D eigenvalue weighted by Gasteiger charge is 2.59. The second-order valence-corrected chi connectivity index (χ2v) is 17.6. The van der Waals surface area contributed by atoms with E-state index in [1.165, 1.54) is 39.5 Å². The van der Waals surface area contributed by atoms with Crippen LogP contribution < -0.4 is 21.5 Å². The van der Waals surface area contributed by atoms with Crippen LogP contribution in [-0.4, -0.2) is 73.8 Å². The normalized spacial score (nSPS) is 22.4. The van der Waals surface area contributed by atoms with Crippen molar-refractivity contribution in [3.05, 3.63) is 104 Å². The average molecular weight is 667 g/mol. The summed E-state index contributed by atoms with van der Waals surface area (Å²) in [6.07, 6.45) is 4.30. The van der Waals surface area contributed by atoms with Crippen LogP contribution in [0.25, 0.3) is 11.3 Å². The number of nitro benzene ring substituents is 1. The van der Waals surface area contributed by atoms with Crippen molar-refractivity contribution in [1.82, 2.24) is 28.5 Å². The van der Waals surface area contributed by atoms with Crippen molar-refractivity contribution in [1.29, 1.82) is 0 Å². The number of aliphatic hydroxyl groups is 3. The number of rotatable bonds is 8. The maximum Gasteiger partial charge on any atom is 0.366 e. The van der Waals surface area contributed by atoms with Gasteiger partial charge in [0, 0.05) is 54.7 Å². The molecular formula is C23H25N7O9P4. The Labute approximate surface area is 248 Å². The largest absolute Gasteiger partial charge is 0.394 e. The molecule has 1 aliphatic rings. The van der Waals surface area contributed by atoms with Gasteiger partial charge in [-0.1, -0.05) is 24.2 Å². The van der Waals surface area contributed by atoms with E-state index in [9.17, 15) is 35.0 Å². The number of fused-ring (bicyclic) bond motifs is 2. The van der Waals surface area contributed by atoms with Crippen LogP contribution in [0.2, 0.25) is 0 Å². The van der Waals surface area contributed by atoms with Crippen molar-refractivity contribution in [2.45, 2.75) is 24.1 Å². The molecule has 43 heavy (non-hydrogen) atoms. The summed E-state index contributed by atoms with van der Waals surface area (Å²) in [5.41, 5.74) is -2.36. The van der Waals surface area contributed by atoms with Crippen molar-refractivity contribution in [3.63, 3.8) is 0 Å². The number of non-ortho nitro benzene ring substituents is 1. The summed E-state index contributed by atoms with van der Waals surface area (Å²) in [4.78, 5) is 50.6. The van der Waals surface area contributed by atoms with E-state index in [0.717, 1.165) is 10.8 Å². The predicted molar refractivity (Wildman–Crippen MR) is 165 cm³/mol. The lowest BCUT2D eigenvalue weighted by Crippen LogP contribution is -2.51. The molecule has 4 N–H and O–H groups in total. The van der Waals surface area contributed by atoms with E-state index in [1.54, 1.807) is 30.7 Å². The third-order valence-corrected chi connectivity index (χ3v) is 15.3. The fraction of sp³-hybridized carbons (Fsp3) is 0.217. The predicted octanol–water partition coefficient (Wildman–Crippen LogP) is 0.102. The molecule has 5 heterocycles. The van der Waals surface area contributed by atoms with Gasteiger partial charge in [-0.2, -0.15) is 0 Å². The van der Waals surface area contributed by atoms with Crippen LogP contribution in [0.5, 0.6) is 0 Å². The van der Waals surface area contributed by atoms with E-state index in [0.29, 0.717) is 32.5 Å². The van der Waals surface area contributed by atoms with Crippen LogP contribution in [0.3, 0.4) is 0 Å². The number of hydrogen-bond acceptors (Lipinski definition) is 11. The molecule has 1 saturated heterocycles. The molecule has 226 valence electrons. The minimum Gasteiger partial charge on any atom is -0.394 e. The lowest BCUT2D eigenvalue weighted by atomic mass is 9.87. The Morgan fingerprint density at radius 1 is 1.14 bits per heavy atom. The van der Waals surface area contributed by atoms with E-state index in [1.807, 2.05) is 0 Å². The van der Waals surface area contributed by atoms with Crippen LogP contribution in [0.15, 0.2) is 77.1 Å². The molecule has 0 spiro atoms. The Balaban J connectivity index is 0.000000308. The van der Waals surface area contributed by atoms with Gasteiger partial charge in [0.2, 0.25) is 0 Å². The lowest BCUT2D eigenvalue weighted by molar-refractivity contribution is -0.385. The first-order chi connectivity index (χ1) is 20.7. The van der Waals surface area contributed by atoms with Gasteiger partial charge >= 0.3 is 11.4 Å². The number of aromatic amines is 1. The minimum atomic E-state index is -2.31. The molecule has 0 radical (unpaired) electrons. The number of H-pyrrole nitrogens is 1. The van der Waals surface area contributed by atoms with Gasteiger partial charge in [0.05, 0.1) is 17.7 Å². The Hall–Kier alpha value is -3.18. The third-order valence-electron chi connectivity index (χ3n) is 6.47. The van der Waals surface area contributed by atoms with Crippen LogP contribution >= 0.6 is 33.1 Å². The Bertz CT molecular complexity index is 1880. The molecule has 5 aromatic rings. The molecule has 4 unspecified atom stereocenters. The SMILES string of the molecule is O=c1[nH]ccc2nccn12.O=c1n(O[C@@H]2O[C@H](CO)[C@@H](O)[C@]2(O)c2cc(PPPP)cc([N+](=O)[O-])c2)ccc2nccn12. The molecule has 1 aromatic carbocycles. The lowest BCUT2D eigenvalue weighted by Gasteiger charge is -2.31. The highest BCUT2D eigenvalue weighted by atomic mass is 32.6. The van der Waals surface area contributed by atoms with Gasteiger partial charge < -0.3 is 29.9 Å². The summed E-state index contributed by atoms with van der Waals surface area (Å²) in [7, 11) is 3.98. The van der Waals surface area contributed by atoms with Gasteiger partial charge in [-0.15, -0.1) is 13.7 Å². The first-order valence-corrected chi connectivity index (χ1v) is 19.1. The Kier molecular flexibility index (Phi) is 9.60. The Morgan fingerprint density at radius 3 is 2.53 bits per heavy atom. The molecule has 0 amide bonds. The van der Waals surface area contributed by atoms with Crippen LogP contribution in [0, 0.1) is 10.1 Å². The average Bonchev–Trinajstić information content (AvgIpc) is 3.74. The molecule has 6 rings (SSSR count). The van der Waals surface area contributed by atoms with E-state index in [4.69, 9.17) is 9.57 Å². The van der Waals surface area contributed by atoms with Gasteiger partial charge in [-0.3, -0.25) is 14.5 Å². The molecule has 0 aliphatic carbocycles. The van der Waals surface area contributed by atoms with Crippen molar-refractivity contribution >= 4 is 55.4 Å². The van der Waals surface area contributed by atoms with Gasteiger partial charge in [-0.25, -0.2) is 24.0 Å². The number of ether oxygens (including phenoxy) is 1. The summed E-state index contributed by atoms with van der Waals surface area (Å²) in [6, 6.07) is 7.33. The summed E-state index contributed by atoms with van der Waals surface area (Å²) >= 11 is 0. The van der Waals surface area contributed by atoms with Gasteiger partial charge in [0.25, 0.3) is 12.0 Å². The number of nitro groups is 1. The second kappa shape index (κ2) is 13.2. The number of benzene rings is 1. The molecule has 16 nitrogen and oxygen atoms in total. The van der Waals surface area contributed by atoms with Crippen LogP contribution in [-0.2, 0) is 10.3 Å². The number of aromatic nitrogens is 6. The standard InChI is InChI=1S/C17H20N4O8P4.C6H5N3O/c22-8-12-14(23)17(25,9-5-10(21(26)27)7-11(6-9)31-33-32-30)15(28-12)29-20-3-1-13-18-2-4-19(13)16(20)24;10-6-8-2-1-5-7-3-4-9(5)6/h1-7,12,14-15,22-23,25,31-33H,8,30H2;1-4H,(H,8,10)/t12-,14-,15+,17-;/m1./s1. The number of imidazole rings is 2. The zero-order valence-corrected chi connectivity index (χ0v) is 26.0. The molecule has 20 heteroatoms. The first kappa shape index (κ1) is 31.3. The van der Waals surface area contributed by atoms with E-state index in [-0.39, 0.29) is 25.2 Å². The summed E-state index contributed by atoms with van der Waals surface area (Å²) < 4.78 is 8.99.